The summed E-state index contributed by atoms with van der Waals surface area (Å²) in [7, 11) is 14.3. The van der Waals surface area contributed by atoms with Crippen molar-refractivity contribution in [1.29, 1.82) is 0 Å². The van der Waals surface area contributed by atoms with E-state index in [0.717, 1.165) is 12.8 Å². The van der Waals surface area contributed by atoms with E-state index in [4.69, 9.17) is 17.0 Å². The van der Waals surface area contributed by atoms with Crippen LogP contribution < -0.4 is 0 Å². The first-order chi connectivity index (χ1) is 18.5. The first-order valence-electron chi connectivity index (χ1n) is 15.1. The first-order valence-corrected chi connectivity index (χ1v) is 38.6. The van der Waals surface area contributed by atoms with Gasteiger partial charge in [0.05, 0.1) is 0 Å². The summed E-state index contributed by atoms with van der Waals surface area (Å²) in [5.74, 6) is -1.53. The van der Waals surface area contributed by atoms with Crippen LogP contribution in [0.4, 0.5) is 0 Å². The van der Waals surface area contributed by atoms with Crippen LogP contribution in [0.5, 0.6) is 0 Å². The molecule has 0 saturated heterocycles. The Morgan fingerprint density at radius 3 is 1.38 bits per heavy atom. The number of hydrogen-bond acceptors (Lipinski definition) is 0. The van der Waals surface area contributed by atoms with Gasteiger partial charge in [0.2, 0.25) is 0 Å². The summed E-state index contributed by atoms with van der Waals surface area (Å²) in [5, 5.41) is 0. The molecule has 2 atom stereocenters. The Bertz CT molecular complexity index is 1320. The van der Waals surface area contributed by atoms with Crippen molar-refractivity contribution in [1.82, 2.24) is 0 Å². The van der Waals surface area contributed by atoms with Crippen molar-refractivity contribution in [3.63, 3.8) is 0 Å². The standard InChI is InChI=1S/2C16H21Si.C2H7Si.2ClH.Zr/c2*1-5-13-11-15-8-6-7-14(16(15)12-13)9-10-17(2,3)4;1-3-2;;;/h2*6-12H,5H2,1-4H3;3H,1-2H3;2*1H;/q;;;;;+2/p-2. The zero-order valence-corrected chi connectivity index (χ0v) is 33.5. The molecule has 0 aliphatic heterocycles. The topological polar surface area (TPSA) is 0 Å². The van der Waals surface area contributed by atoms with Crippen LogP contribution in [0.25, 0.3) is 24.3 Å². The van der Waals surface area contributed by atoms with Gasteiger partial charge < -0.3 is 0 Å². The molecule has 4 rings (SSSR count). The molecule has 40 heavy (non-hydrogen) atoms. The monoisotopic (exact) mass is 701 g/mol. The van der Waals surface area contributed by atoms with Gasteiger partial charge in [-0.25, -0.2) is 0 Å². The molecule has 0 spiro atoms. The minimum atomic E-state index is -4.64. The SMILES string of the molecule is CCC1=Cc2c(C=C[Si](C)(C)C)cccc2[CH]1[Zr]([Cl])([Cl])([CH]1C(CC)=Cc2c(C=C[Si](C)(C)C)cccc21)[SiH](C)C. The Labute approximate surface area is 255 Å². The summed E-state index contributed by atoms with van der Waals surface area (Å²) in [6.07, 6.45) is 11.7. The van der Waals surface area contributed by atoms with Gasteiger partial charge in [0, 0.05) is 0 Å². The van der Waals surface area contributed by atoms with Crippen LogP contribution in [0.3, 0.4) is 0 Å². The van der Waals surface area contributed by atoms with E-state index in [2.05, 4.69) is 138 Å². The van der Waals surface area contributed by atoms with Gasteiger partial charge in [0.1, 0.15) is 0 Å². The second-order valence-corrected chi connectivity index (χ2v) is 67.1. The van der Waals surface area contributed by atoms with Gasteiger partial charge in [-0.1, -0.05) is 0 Å². The second-order valence-electron chi connectivity index (χ2n) is 14.5. The Kier molecular flexibility index (Phi) is 9.36. The Morgan fingerprint density at radius 2 is 1.07 bits per heavy atom. The van der Waals surface area contributed by atoms with Crippen molar-refractivity contribution in [3.05, 3.63) is 92.3 Å². The summed E-state index contributed by atoms with van der Waals surface area (Å²) in [5.41, 5.74) is 16.0. The predicted octanol–water partition coefficient (Wildman–Crippen LogP) is 11.8. The van der Waals surface area contributed by atoms with Crippen LogP contribution in [0.2, 0.25) is 52.4 Å². The van der Waals surface area contributed by atoms with Gasteiger partial charge >= 0.3 is 258 Å². The molecule has 2 aromatic rings. The van der Waals surface area contributed by atoms with Crippen LogP contribution in [0, 0.1) is 0 Å². The summed E-state index contributed by atoms with van der Waals surface area (Å²) in [4.78, 5) is 0. The van der Waals surface area contributed by atoms with Crippen molar-refractivity contribution in [3.8, 4) is 0 Å². The molecule has 215 valence electrons. The molecule has 0 radical (unpaired) electrons. The van der Waals surface area contributed by atoms with E-state index in [1.54, 1.807) is 0 Å². The molecule has 0 nitrogen and oxygen atoms in total. The normalized spacial score (nSPS) is 20.6. The second kappa shape index (κ2) is 11.5. The molecule has 2 aliphatic carbocycles. The number of halogens is 2. The van der Waals surface area contributed by atoms with Gasteiger partial charge in [0.25, 0.3) is 0 Å². The third-order valence-electron chi connectivity index (χ3n) is 8.92. The number of rotatable bonds is 9. The number of allylic oxidation sites excluding steroid dienone is 2. The van der Waals surface area contributed by atoms with Crippen molar-refractivity contribution >= 4 is 63.4 Å². The molecule has 2 aliphatic rings. The molecular weight excluding hydrogens is 655 g/mol. The van der Waals surface area contributed by atoms with E-state index in [0.29, 0.717) is 0 Å². The zero-order valence-electron chi connectivity index (χ0n) is 26.3. The molecule has 6 heteroatoms. The maximum atomic E-state index is 8.48. The molecule has 0 N–H and O–H groups in total. The van der Waals surface area contributed by atoms with Crippen LogP contribution in [-0.2, 0) is 15.6 Å². The van der Waals surface area contributed by atoms with Crippen LogP contribution >= 0.6 is 17.0 Å². The van der Waals surface area contributed by atoms with Gasteiger partial charge in [0.15, 0.2) is 0 Å². The van der Waals surface area contributed by atoms with Crippen LogP contribution in [0.1, 0.15) is 67.3 Å². The zero-order chi connectivity index (χ0) is 29.7. The molecular formula is C34H49Cl2Si3Zr. The Morgan fingerprint density at radius 1 is 0.700 bits per heavy atom. The van der Waals surface area contributed by atoms with Crippen molar-refractivity contribution in [2.24, 2.45) is 0 Å². The molecule has 2 unspecified atom stereocenters. The van der Waals surface area contributed by atoms with E-state index < -0.39 is 37.6 Å². The third kappa shape index (κ3) is 5.97. The quantitative estimate of drug-likeness (QED) is 0.228. The molecule has 0 aromatic heterocycles. The van der Waals surface area contributed by atoms with Gasteiger partial charge in [-0.3, -0.25) is 0 Å². The van der Waals surface area contributed by atoms with Gasteiger partial charge in [-0.15, -0.1) is 0 Å². The van der Waals surface area contributed by atoms with Crippen molar-refractivity contribution < 1.29 is 15.6 Å². The number of hydrogen-bond donors (Lipinski definition) is 0. The molecule has 0 saturated carbocycles. The molecule has 0 bridgehead atoms. The molecule has 0 amide bonds. The molecule has 0 fully saturated rings. The van der Waals surface area contributed by atoms with Gasteiger partial charge in [-0.2, -0.15) is 0 Å². The van der Waals surface area contributed by atoms with E-state index >= 15 is 0 Å². The summed E-state index contributed by atoms with van der Waals surface area (Å²) < 4.78 is 0.340. The fraction of sp³-hybridized carbons (Fsp3) is 0.412. The maximum absolute atomic E-state index is 8.48. The average molecular weight is 704 g/mol. The van der Waals surface area contributed by atoms with Crippen LogP contribution in [-0.4, -0.2) is 22.1 Å². The summed E-state index contributed by atoms with van der Waals surface area (Å²) in [6.45, 7) is 23.9. The Balaban J connectivity index is 1.96. The fourth-order valence-electron chi connectivity index (χ4n) is 6.70. The van der Waals surface area contributed by atoms with Gasteiger partial charge in [-0.05, 0) is 0 Å². The van der Waals surface area contributed by atoms with E-state index in [9.17, 15) is 0 Å². The van der Waals surface area contributed by atoms with E-state index in [-0.39, 0.29) is 7.25 Å². The average Bonchev–Trinajstić information content (AvgIpc) is 3.45. The number of benzene rings is 2. The first kappa shape index (κ1) is 32.4. The molecule has 2 aromatic carbocycles. The van der Waals surface area contributed by atoms with Crippen molar-refractivity contribution in [2.75, 3.05) is 0 Å². The van der Waals surface area contributed by atoms with E-state index in [1.165, 1.54) is 44.5 Å². The fourth-order valence-corrected chi connectivity index (χ4v) is 39.8. The van der Waals surface area contributed by atoms with Crippen molar-refractivity contribution in [2.45, 2.75) is 86.3 Å². The molecule has 0 heterocycles. The Hall–Kier alpha value is -0.486. The third-order valence-corrected chi connectivity index (χ3v) is 63.1. The van der Waals surface area contributed by atoms with E-state index in [1.807, 2.05) is 0 Å². The van der Waals surface area contributed by atoms with Crippen LogP contribution in [0.15, 0.2) is 58.9 Å². The minimum absolute atomic E-state index is 0.170. The number of fused-ring (bicyclic) bond motifs is 2. The summed E-state index contributed by atoms with van der Waals surface area (Å²) in [6, 6.07) is 13.7. The predicted molar refractivity (Wildman–Crippen MR) is 190 cm³/mol. The summed E-state index contributed by atoms with van der Waals surface area (Å²) >= 11 is -4.64.